The van der Waals surface area contributed by atoms with Gasteiger partial charge in [0, 0.05) is 5.75 Å². The molecule has 2 nitrogen and oxygen atoms in total. The van der Waals surface area contributed by atoms with E-state index in [0.717, 1.165) is 12.8 Å². The van der Waals surface area contributed by atoms with E-state index in [2.05, 4.69) is 6.92 Å². The first-order valence-corrected chi connectivity index (χ1v) is 6.07. The zero-order chi connectivity index (χ0) is 9.23. The van der Waals surface area contributed by atoms with Crippen LogP contribution in [-0.2, 0) is 33.5 Å². The van der Waals surface area contributed by atoms with E-state index >= 15 is 0 Å². The SMILES string of the molecule is CCCCCCCCCS(=O)[O-].[Ag+]. The molecule has 0 rings (SSSR count). The second-order valence-electron chi connectivity index (χ2n) is 3.13. The van der Waals surface area contributed by atoms with Gasteiger partial charge in [-0.1, -0.05) is 56.5 Å². The predicted molar refractivity (Wildman–Crippen MR) is 51.8 cm³/mol. The average molecular weight is 299 g/mol. The standard InChI is InChI=1S/C9H20O2S.Ag/c1-2-3-4-5-6-7-8-9-12(10)11;/h2-9H2,1H3,(H,10,11);/q;+1/p-1. The monoisotopic (exact) mass is 298 g/mol. The molecule has 0 aliphatic carbocycles. The molecular weight excluding hydrogens is 280 g/mol. The van der Waals surface area contributed by atoms with Gasteiger partial charge in [0.25, 0.3) is 0 Å². The van der Waals surface area contributed by atoms with Crippen molar-refractivity contribution in [2.24, 2.45) is 0 Å². The molecule has 0 saturated heterocycles. The Morgan fingerprint density at radius 3 is 1.92 bits per heavy atom. The molecule has 0 radical (unpaired) electrons. The van der Waals surface area contributed by atoms with Crippen LogP contribution in [0.2, 0.25) is 0 Å². The molecule has 0 aliphatic rings. The summed E-state index contributed by atoms with van der Waals surface area (Å²) in [6.07, 6.45) is 8.24. The van der Waals surface area contributed by atoms with Crippen LogP contribution in [-0.4, -0.2) is 14.5 Å². The molecule has 0 N–H and O–H groups in total. The van der Waals surface area contributed by atoms with E-state index in [1.165, 1.54) is 32.1 Å². The zero-order valence-corrected chi connectivity index (χ0v) is 10.5. The molecule has 0 spiro atoms. The minimum absolute atomic E-state index is 0. The molecule has 0 aromatic heterocycles. The molecule has 84 valence electrons. The van der Waals surface area contributed by atoms with Gasteiger partial charge in [0.05, 0.1) is 0 Å². The molecule has 1 unspecified atom stereocenters. The third-order valence-electron chi connectivity index (χ3n) is 1.91. The molecule has 0 saturated carbocycles. The van der Waals surface area contributed by atoms with E-state index in [1.54, 1.807) is 0 Å². The molecule has 0 bridgehead atoms. The molecular formula is C9H19AgO2S. The zero-order valence-electron chi connectivity index (χ0n) is 8.18. The quantitative estimate of drug-likeness (QED) is 0.393. The van der Waals surface area contributed by atoms with Crippen LogP contribution in [0, 0.1) is 0 Å². The van der Waals surface area contributed by atoms with E-state index in [1.807, 2.05) is 0 Å². The topological polar surface area (TPSA) is 40.1 Å². The van der Waals surface area contributed by atoms with E-state index in [-0.39, 0.29) is 22.4 Å². The minimum Gasteiger partial charge on any atom is -0.772 e. The normalized spacial score (nSPS) is 12.2. The minimum atomic E-state index is -1.82. The molecule has 0 aliphatic heterocycles. The Kier molecular flexibility index (Phi) is 16.1. The smallest absolute Gasteiger partial charge is 0.772 e. The summed E-state index contributed by atoms with van der Waals surface area (Å²) in [5.41, 5.74) is 0. The summed E-state index contributed by atoms with van der Waals surface area (Å²) in [5, 5.41) is 0. The molecule has 1 atom stereocenters. The van der Waals surface area contributed by atoms with Crippen molar-refractivity contribution in [1.29, 1.82) is 0 Å². The Morgan fingerprint density at radius 1 is 1.00 bits per heavy atom. The summed E-state index contributed by atoms with van der Waals surface area (Å²) < 4.78 is 20.3. The molecule has 0 aromatic rings. The number of hydrogen-bond acceptors (Lipinski definition) is 2. The number of rotatable bonds is 8. The Bertz CT molecular complexity index is 120. The maximum atomic E-state index is 10.1. The fourth-order valence-corrected chi connectivity index (χ4v) is 1.62. The van der Waals surface area contributed by atoms with Gasteiger partial charge >= 0.3 is 22.4 Å². The summed E-state index contributed by atoms with van der Waals surface area (Å²) in [6.45, 7) is 2.20. The van der Waals surface area contributed by atoms with Crippen LogP contribution < -0.4 is 0 Å². The van der Waals surface area contributed by atoms with Gasteiger partial charge < -0.3 is 4.55 Å². The first-order chi connectivity index (χ1) is 5.77. The molecule has 0 amide bonds. The van der Waals surface area contributed by atoms with Crippen LogP contribution in [0.25, 0.3) is 0 Å². The summed E-state index contributed by atoms with van der Waals surface area (Å²) >= 11 is -1.82. The maximum absolute atomic E-state index is 10.1. The summed E-state index contributed by atoms with van der Waals surface area (Å²) in [5.74, 6) is 0.341. The van der Waals surface area contributed by atoms with Gasteiger partial charge in [0.1, 0.15) is 0 Å². The first kappa shape index (κ1) is 16.3. The van der Waals surface area contributed by atoms with Crippen LogP contribution in [0.1, 0.15) is 51.9 Å². The third-order valence-corrected chi connectivity index (χ3v) is 2.54. The van der Waals surface area contributed by atoms with Crippen LogP contribution in [0.15, 0.2) is 0 Å². The number of unbranched alkanes of at least 4 members (excludes halogenated alkanes) is 6. The van der Waals surface area contributed by atoms with Crippen molar-refractivity contribution in [3.8, 4) is 0 Å². The van der Waals surface area contributed by atoms with E-state index in [0.29, 0.717) is 5.75 Å². The summed E-state index contributed by atoms with van der Waals surface area (Å²) in [7, 11) is 0. The van der Waals surface area contributed by atoms with Crippen molar-refractivity contribution >= 4 is 11.1 Å². The molecule has 13 heavy (non-hydrogen) atoms. The molecule has 0 aromatic carbocycles. The number of hydrogen-bond donors (Lipinski definition) is 0. The Labute approximate surface area is 99.7 Å². The van der Waals surface area contributed by atoms with Crippen molar-refractivity contribution in [2.75, 3.05) is 5.75 Å². The second kappa shape index (κ2) is 12.9. The van der Waals surface area contributed by atoms with Gasteiger partial charge in [0.15, 0.2) is 0 Å². The van der Waals surface area contributed by atoms with Gasteiger partial charge in [-0.3, -0.25) is 4.21 Å². The van der Waals surface area contributed by atoms with E-state index < -0.39 is 11.1 Å². The fourth-order valence-electron chi connectivity index (χ4n) is 1.18. The van der Waals surface area contributed by atoms with E-state index in [4.69, 9.17) is 0 Å². The van der Waals surface area contributed by atoms with Gasteiger partial charge in [-0.25, -0.2) is 0 Å². The van der Waals surface area contributed by atoms with Crippen LogP contribution in [0.5, 0.6) is 0 Å². The third kappa shape index (κ3) is 15.6. The van der Waals surface area contributed by atoms with Crippen LogP contribution in [0.3, 0.4) is 0 Å². The second-order valence-corrected chi connectivity index (χ2v) is 4.14. The first-order valence-electron chi connectivity index (χ1n) is 4.83. The van der Waals surface area contributed by atoms with Crippen LogP contribution >= 0.6 is 0 Å². The molecule has 0 heterocycles. The van der Waals surface area contributed by atoms with Gasteiger partial charge in [-0.05, 0) is 6.42 Å². The fraction of sp³-hybridized carbons (Fsp3) is 1.00. The summed E-state index contributed by atoms with van der Waals surface area (Å²) in [6, 6.07) is 0. The predicted octanol–water partition coefficient (Wildman–Crippen LogP) is 2.61. The Hall–Kier alpha value is 0.850. The van der Waals surface area contributed by atoms with Gasteiger partial charge in [-0.15, -0.1) is 0 Å². The van der Waals surface area contributed by atoms with E-state index in [9.17, 15) is 8.76 Å². The Morgan fingerprint density at radius 2 is 1.46 bits per heavy atom. The van der Waals surface area contributed by atoms with Gasteiger partial charge in [-0.2, -0.15) is 0 Å². The van der Waals surface area contributed by atoms with Crippen molar-refractivity contribution in [3.05, 3.63) is 0 Å². The molecule has 4 heteroatoms. The van der Waals surface area contributed by atoms with Crippen molar-refractivity contribution in [1.82, 2.24) is 0 Å². The average Bonchev–Trinajstić information content (AvgIpc) is 2.02. The summed E-state index contributed by atoms with van der Waals surface area (Å²) in [4.78, 5) is 0. The molecule has 0 fully saturated rings. The maximum Gasteiger partial charge on any atom is 1.00 e. The van der Waals surface area contributed by atoms with Crippen molar-refractivity contribution in [2.45, 2.75) is 51.9 Å². The van der Waals surface area contributed by atoms with Crippen molar-refractivity contribution in [3.63, 3.8) is 0 Å². The largest absolute Gasteiger partial charge is 1.00 e. The van der Waals surface area contributed by atoms with Gasteiger partial charge in [0.2, 0.25) is 0 Å². The van der Waals surface area contributed by atoms with Crippen molar-refractivity contribution < 1.29 is 31.1 Å². The van der Waals surface area contributed by atoms with Crippen LogP contribution in [0.4, 0.5) is 0 Å². The Balaban J connectivity index is 0.